The van der Waals surface area contributed by atoms with Crippen LogP contribution in [0.25, 0.3) is 0 Å². The van der Waals surface area contributed by atoms with Gasteiger partial charge in [-0.1, -0.05) is 18.2 Å². The van der Waals surface area contributed by atoms with E-state index in [9.17, 15) is 4.79 Å². The summed E-state index contributed by atoms with van der Waals surface area (Å²) in [5.41, 5.74) is 1.56. The molecular weight excluding hydrogens is 242 g/mol. The fourth-order valence-electron chi connectivity index (χ4n) is 1.67. The van der Waals surface area contributed by atoms with Crippen LogP contribution < -0.4 is 5.32 Å². The Morgan fingerprint density at radius 3 is 3.00 bits per heavy atom. The average Bonchev–Trinajstić information content (AvgIpc) is 2.81. The van der Waals surface area contributed by atoms with Gasteiger partial charge in [-0.3, -0.25) is 4.79 Å². The van der Waals surface area contributed by atoms with Crippen LogP contribution in [0, 0.1) is 6.92 Å². The first-order chi connectivity index (χ1) is 9.19. The van der Waals surface area contributed by atoms with Gasteiger partial charge in [-0.15, -0.1) is 16.8 Å². The Morgan fingerprint density at radius 1 is 1.47 bits per heavy atom. The summed E-state index contributed by atoms with van der Waals surface area (Å²) in [7, 11) is 0. The zero-order valence-corrected chi connectivity index (χ0v) is 10.7. The molecule has 0 fully saturated rings. The quantitative estimate of drug-likeness (QED) is 0.830. The molecule has 0 aliphatic heterocycles. The van der Waals surface area contributed by atoms with Gasteiger partial charge in [0.1, 0.15) is 0 Å². The van der Waals surface area contributed by atoms with Crippen LogP contribution in [0.3, 0.4) is 0 Å². The van der Waals surface area contributed by atoms with Crippen molar-refractivity contribution in [1.29, 1.82) is 0 Å². The molecule has 1 heterocycles. The van der Waals surface area contributed by atoms with E-state index in [-0.39, 0.29) is 5.91 Å². The fourth-order valence-corrected chi connectivity index (χ4v) is 1.67. The van der Waals surface area contributed by atoms with Crippen molar-refractivity contribution in [1.82, 2.24) is 15.5 Å². The summed E-state index contributed by atoms with van der Waals surface area (Å²) in [5.74, 6) is 0.958. The third-order valence-electron chi connectivity index (χ3n) is 2.52. The van der Waals surface area contributed by atoms with Gasteiger partial charge in [0.2, 0.25) is 11.8 Å². The van der Waals surface area contributed by atoms with Gasteiger partial charge in [0, 0.05) is 19.0 Å². The van der Waals surface area contributed by atoms with E-state index < -0.39 is 0 Å². The molecule has 0 spiro atoms. The van der Waals surface area contributed by atoms with Crippen LogP contribution in [0.5, 0.6) is 0 Å². The molecule has 0 bridgehead atoms. The highest BCUT2D eigenvalue weighted by Gasteiger charge is 2.08. The van der Waals surface area contributed by atoms with E-state index in [1.54, 1.807) is 19.1 Å². The normalized spacial score (nSPS) is 10.2. The monoisotopic (exact) mass is 257 g/mol. The molecule has 0 aliphatic carbocycles. The molecule has 5 heteroatoms. The molecule has 19 heavy (non-hydrogen) atoms. The lowest BCUT2D eigenvalue weighted by molar-refractivity contribution is 0.0958. The summed E-state index contributed by atoms with van der Waals surface area (Å²) in [6.45, 7) is 5.76. The number of aromatic nitrogens is 2. The number of amides is 1. The van der Waals surface area contributed by atoms with Gasteiger partial charge in [-0.25, -0.2) is 0 Å². The van der Waals surface area contributed by atoms with E-state index in [4.69, 9.17) is 4.42 Å². The lowest BCUT2D eigenvalue weighted by Crippen LogP contribution is -2.23. The molecule has 1 N–H and O–H groups in total. The molecule has 0 radical (unpaired) electrons. The molecule has 0 unspecified atom stereocenters. The van der Waals surface area contributed by atoms with Crippen LogP contribution in [0.15, 0.2) is 41.3 Å². The van der Waals surface area contributed by atoms with Gasteiger partial charge in [-0.2, -0.15) is 0 Å². The molecule has 98 valence electrons. The highest BCUT2D eigenvalue weighted by atomic mass is 16.4. The maximum Gasteiger partial charge on any atom is 0.251 e. The Hall–Kier alpha value is -2.43. The number of carbonyl (C=O) groups excluding carboxylic acids is 1. The SMILES string of the molecule is C=CCNC(=O)c1cccc(Cc2nnc(C)o2)c1. The Morgan fingerprint density at radius 2 is 2.32 bits per heavy atom. The van der Waals surface area contributed by atoms with Gasteiger partial charge in [0.25, 0.3) is 5.91 Å². The number of carbonyl (C=O) groups is 1. The highest BCUT2D eigenvalue weighted by molar-refractivity contribution is 5.94. The first kappa shape index (κ1) is 13.0. The Kier molecular flexibility index (Phi) is 4.07. The van der Waals surface area contributed by atoms with E-state index in [2.05, 4.69) is 22.1 Å². The molecule has 0 saturated heterocycles. The first-order valence-corrected chi connectivity index (χ1v) is 5.96. The Balaban J connectivity index is 2.10. The predicted octanol–water partition coefficient (Wildman–Crippen LogP) is 1.88. The number of hydrogen-bond acceptors (Lipinski definition) is 4. The van der Waals surface area contributed by atoms with Crippen molar-refractivity contribution in [2.24, 2.45) is 0 Å². The second-order valence-electron chi connectivity index (χ2n) is 4.09. The van der Waals surface area contributed by atoms with Crippen molar-refractivity contribution in [2.75, 3.05) is 6.54 Å². The lowest BCUT2D eigenvalue weighted by Gasteiger charge is -2.04. The minimum Gasteiger partial charge on any atom is -0.425 e. The molecule has 2 aromatic rings. The second-order valence-corrected chi connectivity index (χ2v) is 4.09. The van der Waals surface area contributed by atoms with Crippen molar-refractivity contribution in [3.05, 3.63) is 59.8 Å². The minimum absolute atomic E-state index is 0.122. The van der Waals surface area contributed by atoms with Crippen LogP contribution in [-0.4, -0.2) is 22.6 Å². The molecular formula is C14H15N3O2. The van der Waals surface area contributed by atoms with Crippen molar-refractivity contribution in [2.45, 2.75) is 13.3 Å². The summed E-state index contributed by atoms with van der Waals surface area (Å²) < 4.78 is 5.32. The molecule has 0 saturated carbocycles. The summed E-state index contributed by atoms with van der Waals surface area (Å²) in [5, 5.41) is 10.4. The van der Waals surface area contributed by atoms with Crippen LogP contribution >= 0.6 is 0 Å². The smallest absolute Gasteiger partial charge is 0.251 e. The summed E-state index contributed by atoms with van der Waals surface area (Å²) in [4.78, 5) is 11.8. The maximum atomic E-state index is 11.8. The van der Waals surface area contributed by atoms with Crippen LogP contribution in [0.4, 0.5) is 0 Å². The number of benzene rings is 1. The molecule has 1 aromatic carbocycles. The van der Waals surface area contributed by atoms with E-state index >= 15 is 0 Å². The number of aryl methyl sites for hydroxylation is 1. The van der Waals surface area contributed by atoms with E-state index in [0.29, 0.717) is 30.3 Å². The number of rotatable bonds is 5. The van der Waals surface area contributed by atoms with Crippen LogP contribution in [-0.2, 0) is 6.42 Å². The lowest BCUT2D eigenvalue weighted by atomic mass is 10.1. The highest BCUT2D eigenvalue weighted by Crippen LogP contribution is 2.10. The van der Waals surface area contributed by atoms with E-state index in [0.717, 1.165) is 5.56 Å². The topological polar surface area (TPSA) is 68.0 Å². The largest absolute Gasteiger partial charge is 0.425 e. The minimum atomic E-state index is -0.122. The van der Waals surface area contributed by atoms with Crippen molar-refractivity contribution >= 4 is 5.91 Å². The van der Waals surface area contributed by atoms with Crippen molar-refractivity contribution in [3.8, 4) is 0 Å². The standard InChI is InChI=1S/C14H15N3O2/c1-3-7-15-14(18)12-6-4-5-11(8-12)9-13-17-16-10(2)19-13/h3-6,8H,1,7,9H2,2H3,(H,15,18). The number of nitrogens with one attached hydrogen (secondary N) is 1. The van der Waals surface area contributed by atoms with Gasteiger partial charge in [0.05, 0.1) is 6.42 Å². The van der Waals surface area contributed by atoms with Gasteiger partial charge < -0.3 is 9.73 Å². The summed E-state index contributed by atoms with van der Waals surface area (Å²) >= 11 is 0. The van der Waals surface area contributed by atoms with Gasteiger partial charge in [0.15, 0.2) is 0 Å². The molecule has 0 atom stereocenters. The fraction of sp³-hybridized carbons (Fsp3) is 0.214. The number of nitrogens with zero attached hydrogens (tertiary/aromatic N) is 2. The first-order valence-electron chi connectivity index (χ1n) is 5.96. The van der Waals surface area contributed by atoms with E-state index in [1.165, 1.54) is 0 Å². The summed E-state index contributed by atoms with van der Waals surface area (Å²) in [6, 6.07) is 7.34. The molecule has 0 aliphatic rings. The average molecular weight is 257 g/mol. The van der Waals surface area contributed by atoms with Gasteiger partial charge in [-0.05, 0) is 17.7 Å². The maximum absolute atomic E-state index is 11.8. The zero-order valence-electron chi connectivity index (χ0n) is 10.7. The van der Waals surface area contributed by atoms with Crippen molar-refractivity contribution in [3.63, 3.8) is 0 Å². The van der Waals surface area contributed by atoms with E-state index in [1.807, 2.05) is 18.2 Å². The Bertz CT molecular complexity index is 590. The predicted molar refractivity (Wildman–Crippen MR) is 70.8 cm³/mol. The van der Waals surface area contributed by atoms with Gasteiger partial charge >= 0.3 is 0 Å². The Labute approximate surface area is 111 Å². The third-order valence-corrected chi connectivity index (χ3v) is 2.52. The molecule has 2 rings (SSSR count). The molecule has 1 aromatic heterocycles. The van der Waals surface area contributed by atoms with Crippen molar-refractivity contribution < 1.29 is 9.21 Å². The molecule has 5 nitrogen and oxygen atoms in total. The van der Waals surface area contributed by atoms with Crippen LogP contribution in [0.2, 0.25) is 0 Å². The zero-order chi connectivity index (χ0) is 13.7. The number of hydrogen-bond donors (Lipinski definition) is 1. The van der Waals surface area contributed by atoms with Crippen LogP contribution in [0.1, 0.15) is 27.7 Å². The second kappa shape index (κ2) is 5.95. The molecule has 1 amide bonds. The summed E-state index contributed by atoms with van der Waals surface area (Å²) in [6.07, 6.45) is 2.16. The third kappa shape index (κ3) is 3.51.